The summed E-state index contributed by atoms with van der Waals surface area (Å²) in [5.74, 6) is 0.668. The molecule has 0 bridgehead atoms. The Morgan fingerprint density at radius 2 is 2.05 bits per heavy atom. The molecule has 1 aromatic rings. The van der Waals surface area contributed by atoms with Gasteiger partial charge in [0.2, 0.25) is 10.0 Å². The third kappa shape index (κ3) is 4.61. The van der Waals surface area contributed by atoms with Gasteiger partial charge in [0.15, 0.2) is 5.78 Å². The molecular formula is C14H21NO3S2. The van der Waals surface area contributed by atoms with Crippen molar-refractivity contribution in [1.82, 2.24) is 4.72 Å². The molecule has 6 heteroatoms. The van der Waals surface area contributed by atoms with Crippen molar-refractivity contribution in [1.29, 1.82) is 0 Å². The number of Topliss-reactive ketones (excluding diaryl/α,β-unsaturated/α-hetero) is 1. The molecule has 20 heavy (non-hydrogen) atoms. The topological polar surface area (TPSA) is 63.2 Å². The van der Waals surface area contributed by atoms with Crippen molar-refractivity contribution in [3.8, 4) is 0 Å². The van der Waals surface area contributed by atoms with E-state index in [4.69, 9.17) is 0 Å². The Labute approximate surface area is 125 Å². The summed E-state index contributed by atoms with van der Waals surface area (Å²) in [6, 6.07) is 6.11. The number of carbonyl (C=O) groups is 1. The largest absolute Gasteiger partial charge is 0.294 e. The molecule has 0 saturated carbocycles. The molecule has 0 aliphatic heterocycles. The standard InChI is InChI=1S/C14H21NO3S2/c1-4-12(10-19-3)15-20(17,18)13-8-6-7-11(9-13)14(16)5-2/h6-9,12,15H,4-5,10H2,1-3H3. The summed E-state index contributed by atoms with van der Waals surface area (Å²) in [6.45, 7) is 3.70. The summed E-state index contributed by atoms with van der Waals surface area (Å²) >= 11 is 1.60. The Balaban J connectivity index is 3.00. The first-order valence-corrected chi connectivity index (χ1v) is 9.46. The Morgan fingerprint density at radius 1 is 1.35 bits per heavy atom. The quantitative estimate of drug-likeness (QED) is 0.749. The van der Waals surface area contributed by atoms with E-state index in [1.807, 2.05) is 13.2 Å². The van der Waals surface area contributed by atoms with E-state index >= 15 is 0 Å². The zero-order valence-electron chi connectivity index (χ0n) is 12.0. The van der Waals surface area contributed by atoms with Gasteiger partial charge in [-0.25, -0.2) is 13.1 Å². The van der Waals surface area contributed by atoms with Crippen LogP contribution in [0.15, 0.2) is 29.2 Å². The number of sulfonamides is 1. The SMILES string of the molecule is CCC(=O)c1cccc(S(=O)(=O)NC(CC)CSC)c1. The monoisotopic (exact) mass is 315 g/mol. The second-order valence-electron chi connectivity index (χ2n) is 4.49. The first kappa shape index (κ1) is 17.2. The van der Waals surface area contributed by atoms with Crippen molar-refractivity contribution < 1.29 is 13.2 Å². The molecule has 112 valence electrons. The molecule has 0 aliphatic rings. The van der Waals surface area contributed by atoms with Crippen LogP contribution in [0.3, 0.4) is 0 Å². The molecule has 0 fully saturated rings. The van der Waals surface area contributed by atoms with Crippen molar-refractivity contribution in [2.24, 2.45) is 0 Å². The molecule has 0 spiro atoms. The Bertz CT molecular complexity index is 555. The lowest BCUT2D eigenvalue weighted by Crippen LogP contribution is -2.36. The molecule has 4 nitrogen and oxygen atoms in total. The minimum absolute atomic E-state index is 0.0572. The molecule has 0 amide bonds. The Hall–Kier alpha value is -0.850. The van der Waals surface area contributed by atoms with Crippen LogP contribution in [0.4, 0.5) is 0 Å². The van der Waals surface area contributed by atoms with Gasteiger partial charge in [-0.3, -0.25) is 4.79 Å². The van der Waals surface area contributed by atoms with Gasteiger partial charge in [0.25, 0.3) is 0 Å². The van der Waals surface area contributed by atoms with Gasteiger partial charge in [-0.1, -0.05) is 26.0 Å². The summed E-state index contributed by atoms with van der Waals surface area (Å²) in [5.41, 5.74) is 0.438. The van der Waals surface area contributed by atoms with Gasteiger partial charge in [0.05, 0.1) is 4.90 Å². The Kier molecular flexibility index (Phi) is 6.71. The second-order valence-corrected chi connectivity index (χ2v) is 7.11. The maximum absolute atomic E-state index is 12.3. The van der Waals surface area contributed by atoms with E-state index in [0.717, 1.165) is 12.2 Å². The number of ketones is 1. The molecule has 1 unspecified atom stereocenters. The van der Waals surface area contributed by atoms with Gasteiger partial charge in [-0.05, 0) is 24.8 Å². The van der Waals surface area contributed by atoms with E-state index in [1.54, 1.807) is 30.8 Å². The van der Waals surface area contributed by atoms with Crippen molar-refractivity contribution in [3.63, 3.8) is 0 Å². The smallest absolute Gasteiger partial charge is 0.240 e. The summed E-state index contributed by atoms with van der Waals surface area (Å²) in [6.07, 6.45) is 3.03. The average Bonchev–Trinajstić information content (AvgIpc) is 2.45. The third-order valence-corrected chi connectivity index (χ3v) is 5.22. The average molecular weight is 315 g/mol. The van der Waals surface area contributed by atoms with Crippen LogP contribution >= 0.6 is 11.8 Å². The number of hydrogen-bond acceptors (Lipinski definition) is 4. The highest BCUT2D eigenvalue weighted by Crippen LogP contribution is 2.14. The fourth-order valence-corrected chi connectivity index (χ4v) is 3.96. The summed E-state index contributed by atoms with van der Waals surface area (Å²) in [4.78, 5) is 11.8. The zero-order valence-corrected chi connectivity index (χ0v) is 13.7. The van der Waals surface area contributed by atoms with Crippen molar-refractivity contribution in [2.75, 3.05) is 12.0 Å². The van der Waals surface area contributed by atoms with E-state index in [9.17, 15) is 13.2 Å². The maximum atomic E-state index is 12.3. The summed E-state index contributed by atoms with van der Waals surface area (Å²) < 4.78 is 27.3. The van der Waals surface area contributed by atoms with Crippen LogP contribution in [-0.2, 0) is 10.0 Å². The van der Waals surface area contributed by atoms with E-state index in [2.05, 4.69) is 4.72 Å². The van der Waals surface area contributed by atoms with E-state index in [1.165, 1.54) is 12.1 Å². The fourth-order valence-electron chi connectivity index (χ4n) is 1.76. The predicted octanol–water partition coefficient (Wildman–Crippen LogP) is 2.70. The fraction of sp³-hybridized carbons (Fsp3) is 0.500. The molecule has 1 aromatic carbocycles. The number of carbonyl (C=O) groups excluding carboxylic acids is 1. The minimum Gasteiger partial charge on any atom is -0.294 e. The first-order valence-electron chi connectivity index (χ1n) is 6.59. The first-order chi connectivity index (χ1) is 9.44. The predicted molar refractivity (Wildman–Crippen MR) is 83.8 cm³/mol. The summed E-state index contributed by atoms with van der Waals surface area (Å²) in [7, 11) is -3.57. The highest BCUT2D eigenvalue weighted by atomic mass is 32.2. The number of thioether (sulfide) groups is 1. The van der Waals surface area contributed by atoms with Gasteiger partial charge in [0.1, 0.15) is 0 Å². The molecule has 0 saturated heterocycles. The summed E-state index contributed by atoms with van der Waals surface area (Å²) in [5, 5.41) is 0. The molecule has 0 aromatic heterocycles. The van der Waals surface area contributed by atoms with Crippen LogP contribution in [-0.4, -0.2) is 32.3 Å². The van der Waals surface area contributed by atoms with Gasteiger partial charge in [-0.15, -0.1) is 0 Å². The lowest BCUT2D eigenvalue weighted by Gasteiger charge is -2.16. The second kappa shape index (κ2) is 7.81. The normalized spacial score (nSPS) is 13.2. The molecule has 0 radical (unpaired) electrons. The van der Waals surface area contributed by atoms with Crippen molar-refractivity contribution in [2.45, 2.75) is 37.6 Å². The van der Waals surface area contributed by atoms with Crippen LogP contribution < -0.4 is 4.72 Å². The lowest BCUT2D eigenvalue weighted by molar-refractivity contribution is 0.0988. The molecular weight excluding hydrogens is 294 g/mol. The zero-order chi connectivity index (χ0) is 15.2. The molecule has 1 N–H and O–H groups in total. The van der Waals surface area contributed by atoms with E-state index < -0.39 is 10.0 Å². The van der Waals surface area contributed by atoms with Gasteiger partial charge in [-0.2, -0.15) is 11.8 Å². The molecule has 1 rings (SSSR count). The minimum atomic E-state index is -3.57. The van der Waals surface area contributed by atoms with Crippen LogP contribution in [0, 0.1) is 0 Å². The number of nitrogens with one attached hydrogen (secondary N) is 1. The number of benzene rings is 1. The highest BCUT2D eigenvalue weighted by molar-refractivity contribution is 7.98. The van der Waals surface area contributed by atoms with Crippen molar-refractivity contribution >= 4 is 27.6 Å². The van der Waals surface area contributed by atoms with Crippen molar-refractivity contribution in [3.05, 3.63) is 29.8 Å². The van der Waals surface area contributed by atoms with Crippen LogP contribution in [0.1, 0.15) is 37.0 Å². The van der Waals surface area contributed by atoms with E-state index in [-0.39, 0.29) is 16.7 Å². The van der Waals surface area contributed by atoms with Crippen LogP contribution in [0.2, 0.25) is 0 Å². The van der Waals surface area contributed by atoms with Gasteiger partial charge in [0, 0.05) is 23.8 Å². The van der Waals surface area contributed by atoms with Gasteiger partial charge < -0.3 is 0 Å². The van der Waals surface area contributed by atoms with Gasteiger partial charge >= 0.3 is 0 Å². The number of rotatable bonds is 8. The molecule has 0 aliphatic carbocycles. The lowest BCUT2D eigenvalue weighted by atomic mass is 10.1. The molecule has 0 heterocycles. The third-order valence-electron chi connectivity index (χ3n) is 2.97. The maximum Gasteiger partial charge on any atom is 0.240 e. The van der Waals surface area contributed by atoms with Crippen LogP contribution in [0.5, 0.6) is 0 Å². The number of hydrogen-bond donors (Lipinski definition) is 1. The highest BCUT2D eigenvalue weighted by Gasteiger charge is 2.19. The van der Waals surface area contributed by atoms with E-state index in [0.29, 0.717) is 12.0 Å². The Morgan fingerprint density at radius 3 is 2.60 bits per heavy atom. The molecule has 1 atom stereocenters. The van der Waals surface area contributed by atoms with Crippen LogP contribution in [0.25, 0.3) is 0 Å².